The van der Waals surface area contributed by atoms with Crippen molar-refractivity contribution in [2.75, 3.05) is 5.32 Å². The van der Waals surface area contributed by atoms with Gasteiger partial charge in [-0.3, -0.25) is 0 Å². The van der Waals surface area contributed by atoms with Crippen LogP contribution in [-0.4, -0.2) is 25.0 Å². The van der Waals surface area contributed by atoms with E-state index in [4.69, 9.17) is 0 Å². The lowest BCUT2D eigenvalue weighted by Gasteiger charge is -2.09. The van der Waals surface area contributed by atoms with Crippen molar-refractivity contribution in [3.05, 3.63) is 60.7 Å². The Morgan fingerprint density at radius 1 is 1.05 bits per heavy atom. The molecule has 20 heavy (non-hydrogen) atoms. The second-order valence-corrected chi connectivity index (χ2v) is 4.36. The molecule has 0 saturated heterocycles. The van der Waals surface area contributed by atoms with Gasteiger partial charge in [0.15, 0.2) is 0 Å². The van der Waals surface area contributed by atoms with Crippen molar-refractivity contribution in [3.8, 4) is 5.69 Å². The molecule has 0 aliphatic carbocycles. The van der Waals surface area contributed by atoms with E-state index in [1.54, 1.807) is 23.1 Å². The van der Waals surface area contributed by atoms with Crippen LogP contribution in [-0.2, 0) is 0 Å². The average molecular weight is 266 g/mol. The fraction of sp³-hybridized carbons (Fsp3) is 0.143. The fourth-order valence-electron chi connectivity index (χ4n) is 1.82. The second-order valence-electron chi connectivity index (χ2n) is 4.36. The van der Waals surface area contributed by atoms with Crippen molar-refractivity contribution in [3.63, 3.8) is 0 Å². The van der Waals surface area contributed by atoms with E-state index in [1.807, 2.05) is 43.5 Å². The molecule has 2 aromatic heterocycles. The molecule has 0 saturated carbocycles. The normalized spacial score (nSPS) is 12.1. The van der Waals surface area contributed by atoms with Gasteiger partial charge in [-0.05, 0) is 25.1 Å². The molecule has 0 unspecified atom stereocenters. The molecule has 1 aromatic carbocycles. The number of benzene rings is 1. The van der Waals surface area contributed by atoms with E-state index < -0.39 is 0 Å². The van der Waals surface area contributed by atoms with Gasteiger partial charge in [0.25, 0.3) is 0 Å². The van der Waals surface area contributed by atoms with Gasteiger partial charge in [-0.15, -0.1) is 5.10 Å². The third kappa shape index (κ3) is 2.64. The number of para-hydroxylation sites is 1. The summed E-state index contributed by atoms with van der Waals surface area (Å²) in [6.07, 6.45) is 5.29. The van der Waals surface area contributed by atoms with E-state index >= 15 is 0 Å². The summed E-state index contributed by atoms with van der Waals surface area (Å²) in [6, 6.07) is 11.6. The molecule has 0 radical (unpaired) electrons. The zero-order valence-electron chi connectivity index (χ0n) is 11.0. The van der Waals surface area contributed by atoms with Crippen LogP contribution in [0, 0.1) is 0 Å². The average Bonchev–Trinajstić information content (AvgIpc) is 2.99. The summed E-state index contributed by atoms with van der Waals surface area (Å²) in [7, 11) is 0. The van der Waals surface area contributed by atoms with Gasteiger partial charge < -0.3 is 5.32 Å². The Kier molecular flexibility index (Phi) is 3.36. The standard InChI is InChI=1S/C14H14N6/c1-11(17-14-15-8-5-9-16-14)13-10-20(19-18-13)12-6-3-2-4-7-12/h2-11H,1H3,(H,15,16,17)/t11-/m1/s1. The van der Waals surface area contributed by atoms with Crippen LogP contribution in [0.25, 0.3) is 5.69 Å². The number of hydrogen-bond donors (Lipinski definition) is 1. The van der Waals surface area contributed by atoms with Gasteiger partial charge in [0, 0.05) is 12.4 Å². The molecule has 2 heterocycles. The highest BCUT2D eigenvalue weighted by Crippen LogP contribution is 2.15. The Morgan fingerprint density at radius 2 is 1.80 bits per heavy atom. The van der Waals surface area contributed by atoms with Gasteiger partial charge in [0.1, 0.15) is 5.69 Å². The molecule has 3 rings (SSSR count). The van der Waals surface area contributed by atoms with Crippen molar-refractivity contribution in [1.29, 1.82) is 0 Å². The van der Waals surface area contributed by atoms with Crippen molar-refractivity contribution in [1.82, 2.24) is 25.0 Å². The van der Waals surface area contributed by atoms with Gasteiger partial charge in [0.05, 0.1) is 17.9 Å². The highest BCUT2D eigenvalue weighted by atomic mass is 15.4. The number of nitrogens with one attached hydrogen (secondary N) is 1. The lowest BCUT2D eigenvalue weighted by molar-refractivity contribution is 0.777. The molecule has 0 spiro atoms. The van der Waals surface area contributed by atoms with E-state index in [-0.39, 0.29) is 6.04 Å². The first-order valence-electron chi connectivity index (χ1n) is 6.34. The predicted octanol–water partition coefficient (Wildman–Crippen LogP) is 2.23. The number of aromatic nitrogens is 5. The molecule has 3 aromatic rings. The van der Waals surface area contributed by atoms with Gasteiger partial charge in [-0.2, -0.15) is 0 Å². The maximum Gasteiger partial charge on any atom is 0.223 e. The Morgan fingerprint density at radius 3 is 2.55 bits per heavy atom. The molecule has 1 N–H and O–H groups in total. The predicted molar refractivity (Wildman–Crippen MR) is 75.4 cm³/mol. The van der Waals surface area contributed by atoms with E-state index in [9.17, 15) is 0 Å². The van der Waals surface area contributed by atoms with Gasteiger partial charge in [-0.25, -0.2) is 14.6 Å². The molecule has 1 atom stereocenters. The summed E-state index contributed by atoms with van der Waals surface area (Å²) in [6.45, 7) is 2.00. The highest BCUT2D eigenvalue weighted by molar-refractivity contribution is 5.31. The highest BCUT2D eigenvalue weighted by Gasteiger charge is 2.11. The smallest absolute Gasteiger partial charge is 0.223 e. The van der Waals surface area contributed by atoms with Crippen molar-refractivity contribution in [2.45, 2.75) is 13.0 Å². The molecule has 0 aliphatic rings. The number of hydrogen-bond acceptors (Lipinski definition) is 5. The Labute approximate surface area is 116 Å². The Balaban J connectivity index is 1.77. The van der Waals surface area contributed by atoms with Crippen molar-refractivity contribution in [2.24, 2.45) is 0 Å². The van der Waals surface area contributed by atoms with Crippen LogP contribution in [0.5, 0.6) is 0 Å². The number of rotatable bonds is 4. The van der Waals surface area contributed by atoms with Gasteiger partial charge >= 0.3 is 0 Å². The number of nitrogens with zero attached hydrogens (tertiary/aromatic N) is 5. The Bertz CT molecular complexity index is 664. The summed E-state index contributed by atoms with van der Waals surface area (Å²) >= 11 is 0. The summed E-state index contributed by atoms with van der Waals surface area (Å²) in [4.78, 5) is 8.26. The third-order valence-electron chi connectivity index (χ3n) is 2.89. The van der Waals surface area contributed by atoms with E-state index in [1.165, 1.54) is 0 Å². The zero-order valence-corrected chi connectivity index (χ0v) is 11.0. The van der Waals surface area contributed by atoms with Crippen LogP contribution in [0.15, 0.2) is 55.0 Å². The van der Waals surface area contributed by atoms with E-state index in [0.29, 0.717) is 5.95 Å². The van der Waals surface area contributed by atoms with Crippen LogP contribution in [0.1, 0.15) is 18.7 Å². The first-order chi connectivity index (χ1) is 9.83. The first-order valence-corrected chi connectivity index (χ1v) is 6.34. The van der Waals surface area contributed by atoms with Crippen LogP contribution in [0.3, 0.4) is 0 Å². The zero-order chi connectivity index (χ0) is 13.8. The monoisotopic (exact) mass is 266 g/mol. The SMILES string of the molecule is C[C@@H](Nc1ncccn1)c1cn(-c2ccccc2)nn1. The molecule has 0 fully saturated rings. The fourth-order valence-corrected chi connectivity index (χ4v) is 1.82. The van der Waals surface area contributed by atoms with Crippen molar-refractivity contribution < 1.29 is 0 Å². The minimum atomic E-state index is -0.0186. The molecule has 0 aliphatic heterocycles. The maximum absolute atomic E-state index is 4.18. The van der Waals surface area contributed by atoms with Crippen LogP contribution in [0.2, 0.25) is 0 Å². The molecular weight excluding hydrogens is 252 g/mol. The van der Waals surface area contributed by atoms with Crippen LogP contribution >= 0.6 is 0 Å². The molecule has 0 amide bonds. The topological polar surface area (TPSA) is 68.5 Å². The minimum absolute atomic E-state index is 0.0186. The molecule has 100 valence electrons. The largest absolute Gasteiger partial charge is 0.346 e. The lowest BCUT2D eigenvalue weighted by Crippen LogP contribution is -2.09. The van der Waals surface area contributed by atoms with Gasteiger partial charge in [0.2, 0.25) is 5.95 Å². The summed E-state index contributed by atoms with van der Waals surface area (Å²) in [5.74, 6) is 0.578. The minimum Gasteiger partial charge on any atom is -0.346 e. The molecule has 6 nitrogen and oxygen atoms in total. The van der Waals surface area contributed by atoms with Crippen LogP contribution < -0.4 is 5.32 Å². The van der Waals surface area contributed by atoms with E-state index in [0.717, 1.165) is 11.4 Å². The summed E-state index contributed by atoms with van der Waals surface area (Å²) in [5.41, 5.74) is 1.82. The molecule has 0 bridgehead atoms. The lowest BCUT2D eigenvalue weighted by atomic mass is 10.2. The first kappa shape index (κ1) is 12.3. The van der Waals surface area contributed by atoms with Gasteiger partial charge in [-0.1, -0.05) is 23.4 Å². The summed E-state index contributed by atoms with van der Waals surface area (Å²) < 4.78 is 1.75. The maximum atomic E-state index is 4.18. The number of anilines is 1. The van der Waals surface area contributed by atoms with Crippen LogP contribution in [0.4, 0.5) is 5.95 Å². The Hall–Kier alpha value is -2.76. The quantitative estimate of drug-likeness (QED) is 0.784. The summed E-state index contributed by atoms with van der Waals surface area (Å²) in [5, 5.41) is 11.5. The molecular formula is C14H14N6. The second kappa shape index (κ2) is 5.48. The third-order valence-corrected chi connectivity index (χ3v) is 2.89. The van der Waals surface area contributed by atoms with E-state index in [2.05, 4.69) is 25.6 Å². The molecule has 6 heteroatoms. The van der Waals surface area contributed by atoms with Crippen molar-refractivity contribution >= 4 is 5.95 Å².